The van der Waals surface area contributed by atoms with E-state index >= 15 is 0 Å². The Morgan fingerprint density at radius 1 is 1.24 bits per heavy atom. The fraction of sp³-hybridized carbons (Fsp3) is 0.412. The highest BCUT2D eigenvalue weighted by atomic mass is 35.5. The summed E-state index contributed by atoms with van der Waals surface area (Å²) in [6.45, 7) is 8.07. The maximum atomic E-state index is 6.15. The van der Waals surface area contributed by atoms with E-state index in [9.17, 15) is 0 Å². The van der Waals surface area contributed by atoms with Gasteiger partial charge in [0.05, 0.1) is 12.5 Å². The molecule has 0 fully saturated rings. The van der Waals surface area contributed by atoms with E-state index < -0.39 is 0 Å². The van der Waals surface area contributed by atoms with E-state index in [-0.39, 0.29) is 5.54 Å². The number of benzene rings is 1. The van der Waals surface area contributed by atoms with Crippen LogP contribution in [0.5, 0.6) is 0 Å². The molecule has 0 saturated carbocycles. The molecule has 0 unspecified atom stereocenters. The standard InChI is InChI=1S/C17H23ClN2O/c1-17(2,3)19-10-14-9-15(18)5-6-16(14)20(4)11-13-7-8-21-12-13/h5-9,12,19H,10-11H2,1-4H3. The molecule has 3 nitrogen and oxygen atoms in total. The minimum Gasteiger partial charge on any atom is -0.472 e. The highest BCUT2D eigenvalue weighted by molar-refractivity contribution is 6.30. The van der Waals surface area contributed by atoms with Gasteiger partial charge in [-0.15, -0.1) is 0 Å². The zero-order valence-electron chi connectivity index (χ0n) is 13.1. The van der Waals surface area contributed by atoms with Gasteiger partial charge in [-0.2, -0.15) is 0 Å². The van der Waals surface area contributed by atoms with E-state index in [0.717, 1.165) is 23.7 Å². The topological polar surface area (TPSA) is 28.4 Å². The Balaban J connectivity index is 2.17. The molecule has 0 aliphatic heterocycles. The Kier molecular flexibility index (Phi) is 4.96. The summed E-state index contributed by atoms with van der Waals surface area (Å²) in [5.41, 5.74) is 3.60. The van der Waals surface area contributed by atoms with Gasteiger partial charge >= 0.3 is 0 Å². The predicted octanol–water partition coefficient (Wildman–Crippen LogP) is 4.46. The molecule has 2 rings (SSSR count). The van der Waals surface area contributed by atoms with Gasteiger partial charge in [-0.25, -0.2) is 0 Å². The molecule has 1 aromatic heterocycles. The second-order valence-corrected chi connectivity index (χ2v) is 6.80. The molecular formula is C17H23ClN2O. The zero-order chi connectivity index (χ0) is 15.5. The molecule has 0 amide bonds. The molecular weight excluding hydrogens is 284 g/mol. The maximum absolute atomic E-state index is 6.15. The predicted molar refractivity (Wildman–Crippen MR) is 88.9 cm³/mol. The Bertz CT molecular complexity index is 573. The summed E-state index contributed by atoms with van der Waals surface area (Å²) in [4.78, 5) is 2.21. The Hall–Kier alpha value is -1.45. The molecule has 1 N–H and O–H groups in total. The van der Waals surface area contributed by atoms with E-state index in [1.165, 1.54) is 11.3 Å². The van der Waals surface area contributed by atoms with Crippen LogP contribution in [0.3, 0.4) is 0 Å². The summed E-state index contributed by atoms with van der Waals surface area (Å²) in [6.07, 6.45) is 3.48. The third-order valence-electron chi connectivity index (χ3n) is 3.26. The molecule has 0 spiro atoms. The van der Waals surface area contributed by atoms with Crippen LogP contribution in [-0.4, -0.2) is 12.6 Å². The van der Waals surface area contributed by atoms with Crippen LogP contribution in [0.4, 0.5) is 5.69 Å². The van der Waals surface area contributed by atoms with Gasteiger partial charge in [-0.05, 0) is 50.6 Å². The molecule has 0 atom stereocenters. The number of hydrogen-bond acceptors (Lipinski definition) is 3. The van der Waals surface area contributed by atoms with Crippen molar-refractivity contribution in [1.82, 2.24) is 5.32 Å². The van der Waals surface area contributed by atoms with Gasteiger partial charge in [-0.1, -0.05) is 11.6 Å². The van der Waals surface area contributed by atoms with Crippen molar-refractivity contribution in [3.63, 3.8) is 0 Å². The maximum Gasteiger partial charge on any atom is 0.0952 e. The molecule has 1 aromatic carbocycles. The number of nitrogens with zero attached hydrogens (tertiary/aromatic N) is 1. The quantitative estimate of drug-likeness (QED) is 0.884. The molecule has 1 heterocycles. The fourth-order valence-corrected chi connectivity index (χ4v) is 2.36. The van der Waals surface area contributed by atoms with Crippen molar-refractivity contribution in [3.8, 4) is 0 Å². The number of rotatable bonds is 5. The van der Waals surface area contributed by atoms with Crippen molar-refractivity contribution < 1.29 is 4.42 Å². The molecule has 114 valence electrons. The van der Waals surface area contributed by atoms with Crippen LogP contribution in [0.1, 0.15) is 31.9 Å². The van der Waals surface area contributed by atoms with Crippen molar-refractivity contribution in [2.24, 2.45) is 0 Å². The summed E-state index contributed by atoms with van der Waals surface area (Å²) >= 11 is 6.15. The third kappa shape index (κ3) is 4.80. The fourth-order valence-electron chi connectivity index (χ4n) is 2.17. The molecule has 4 heteroatoms. The molecule has 0 radical (unpaired) electrons. The lowest BCUT2D eigenvalue weighted by molar-refractivity contribution is 0.424. The van der Waals surface area contributed by atoms with Gasteiger partial charge in [0.15, 0.2) is 0 Å². The van der Waals surface area contributed by atoms with Gasteiger partial charge < -0.3 is 14.6 Å². The van der Waals surface area contributed by atoms with Crippen LogP contribution in [0.25, 0.3) is 0 Å². The highest BCUT2D eigenvalue weighted by Crippen LogP contribution is 2.25. The first-order valence-corrected chi connectivity index (χ1v) is 7.48. The third-order valence-corrected chi connectivity index (χ3v) is 3.50. The second-order valence-electron chi connectivity index (χ2n) is 6.36. The van der Waals surface area contributed by atoms with Crippen LogP contribution in [0.15, 0.2) is 41.2 Å². The zero-order valence-corrected chi connectivity index (χ0v) is 13.9. The van der Waals surface area contributed by atoms with E-state index in [2.05, 4.69) is 44.1 Å². The van der Waals surface area contributed by atoms with Gasteiger partial charge in [0.2, 0.25) is 0 Å². The van der Waals surface area contributed by atoms with Crippen molar-refractivity contribution in [3.05, 3.63) is 52.9 Å². The summed E-state index contributed by atoms with van der Waals surface area (Å²) in [6, 6.07) is 8.02. The number of furan rings is 1. The van der Waals surface area contributed by atoms with Crippen molar-refractivity contribution in [2.45, 2.75) is 39.4 Å². The average Bonchev–Trinajstić information content (AvgIpc) is 2.88. The summed E-state index contributed by atoms with van der Waals surface area (Å²) in [5.74, 6) is 0. The summed E-state index contributed by atoms with van der Waals surface area (Å²) in [7, 11) is 2.08. The average molecular weight is 307 g/mol. The molecule has 0 saturated heterocycles. The van der Waals surface area contributed by atoms with Crippen LogP contribution in [0, 0.1) is 0 Å². The van der Waals surface area contributed by atoms with Gasteiger partial charge in [0.25, 0.3) is 0 Å². The molecule has 2 aromatic rings. The van der Waals surface area contributed by atoms with Crippen LogP contribution in [-0.2, 0) is 13.1 Å². The first kappa shape index (κ1) is 15.9. The number of halogens is 1. The summed E-state index contributed by atoms with van der Waals surface area (Å²) < 4.78 is 5.13. The second kappa shape index (κ2) is 6.54. The lowest BCUT2D eigenvalue weighted by atomic mass is 10.1. The van der Waals surface area contributed by atoms with Crippen molar-refractivity contribution in [1.29, 1.82) is 0 Å². The normalized spacial score (nSPS) is 11.7. The minimum atomic E-state index is 0.0721. The monoisotopic (exact) mass is 306 g/mol. The lowest BCUT2D eigenvalue weighted by Gasteiger charge is -2.25. The van der Waals surface area contributed by atoms with E-state index in [4.69, 9.17) is 16.0 Å². The van der Waals surface area contributed by atoms with E-state index in [1.807, 2.05) is 18.2 Å². The van der Waals surface area contributed by atoms with Crippen LogP contribution >= 0.6 is 11.6 Å². The number of nitrogens with one attached hydrogen (secondary N) is 1. The van der Waals surface area contributed by atoms with E-state index in [1.54, 1.807) is 12.5 Å². The molecule has 0 bridgehead atoms. The van der Waals surface area contributed by atoms with Gasteiger partial charge in [-0.3, -0.25) is 0 Å². The number of hydrogen-bond donors (Lipinski definition) is 1. The largest absolute Gasteiger partial charge is 0.472 e. The smallest absolute Gasteiger partial charge is 0.0952 e. The van der Waals surface area contributed by atoms with Crippen molar-refractivity contribution in [2.75, 3.05) is 11.9 Å². The first-order valence-electron chi connectivity index (χ1n) is 7.11. The van der Waals surface area contributed by atoms with Crippen LogP contribution < -0.4 is 10.2 Å². The van der Waals surface area contributed by atoms with E-state index in [0.29, 0.717) is 0 Å². The SMILES string of the molecule is CN(Cc1ccoc1)c1ccc(Cl)cc1CNC(C)(C)C. The summed E-state index contributed by atoms with van der Waals surface area (Å²) in [5, 5.41) is 4.28. The molecule has 0 aliphatic rings. The Morgan fingerprint density at radius 3 is 2.62 bits per heavy atom. The lowest BCUT2D eigenvalue weighted by Crippen LogP contribution is -2.35. The molecule has 0 aliphatic carbocycles. The number of anilines is 1. The van der Waals surface area contributed by atoms with Gasteiger partial charge in [0, 0.05) is 41.9 Å². The van der Waals surface area contributed by atoms with Crippen molar-refractivity contribution >= 4 is 17.3 Å². The Labute approximate surface area is 131 Å². The van der Waals surface area contributed by atoms with Gasteiger partial charge in [0.1, 0.15) is 0 Å². The first-order chi connectivity index (χ1) is 9.85. The minimum absolute atomic E-state index is 0.0721. The van der Waals surface area contributed by atoms with Crippen LogP contribution in [0.2, 0.25) is 5.02 Å². The molecule has 21 heavy (non-hydrogen) atoms. The highest BCUT2D eigenvalue weighted by Gasteiger charge is 2.13. The Morgan fingerprint density at radius 2 is 2.00 bits per heavy atom.